The van der Waals surface area contributed by atoms with Crippen LogP contribution in [0.15, 0.2) is 18.5 Å². The maximum Gasteiger partial charge on any atom is 0.182 e. The Balaban J connectivity index is 1.89. The Labute approximate surface area is 101 Å². The minimum absolute atomic E-state index is 0.578. The Bertz CT molecular complexity index is 512. The van der Waals surface area contributed by atoms with Crippen LogP contribution >= 0.6 is 0 Å². The predicted molar refractivity (Wildman–Crippen MR) is 65.6 cm³/mol. The van der Waals surface area contributed by atoms with Gasteiger partial charge < -0.3 is 0 Å². The highest BCUT2D eigenvalue weighted by atomic mass is 15.2. The van der Waals surface area contributed by atoms with E-state index in [4.69, 9.17) is 0 Å². The number of H-pyrrole nitrogens is 1. The maximum atomic E-state index is 4.60. The predicted octanol–water partition coefficient (Wildman–Crippen LogP) is 2.83. The quantitative estimate of drug-likeness (QED) is 0.859. The third kappa shape index (κ3) is 2.07. The fraction of sp³-hybridized carbons (Fsp3) is 0.462. The molecular formula is C13H16N4. The van der Waals surface area contributed by atoms with Crippen LogP contribution in [0.1, 0.15) is 43.0 Å². The van der Waals surface area contributed by atoms with Gasteiger partial charge in [-0.25, -0.2) is 4.98 Å². The lowest BCUT2D eigenvalue weighted by molar-refractivity contribution is 0.672. The van der Waals surface area contributed by atoms with Gasteiger partial charge in [0.05, 0.1) is 0 Å². The van der Waals surface area contributed by atoms with E-state index in [9.17, 15) is 0 Å². The second kappa shape index (κ2) is 4.28. The molecule has 1 saturated carbocycles. The average Bonchev–Trinajstić information content (AvgIpc) is 3.00. The molecule has 1 fully saturated rings. The van der Waals surface area contributed by atoms with Gasteiger partial charge in [0.1, 0.15) is 5.82 Å². The standard InChI is InChI=1S/C13H16N4/c1-9-6-11(8-14-7-9)13-15-12(16-17-13)10-4-2-3-5-10/h6-8,10H,2-5H2,1H3,(H,15,16,17). The molecule has 17 heavy (non-hydrogen) atoms. The van der Waals surface area contributed by atoms with Crippen molar-refractivity contribution >= 4 is 0 Å². The zero-order chi connectivity index (χ0) is 11.7. The van der Waals surface area contributed by atoms with Crippen molar-refractivity contribution in [2.75, 3.05) is 0 Å². The molecule has 0 bridgehead atoms. The summed E-state index contributed by atoms with van der Waals surface area (Å²) in [6.07, 6.45) is 8.75. The second-order valence-electron chi connectivity index (χ2n) is 4.78. The summed E-state index contributed by atoms with van der Waals surface area (Å²) in [5.41, 5.74) is 2.13. The number of aryl methyl sites for hydroxylation is 1. The zero-order valence-electron chi connectivity index (χ0n) is 9.98. The molecule has 0 aromatic carbocycles. The monoisotopic (exact) mass is 228 g/mol. The van der Waals surface area contributed by atoms with Gasteiger partial charge in [0.2, 0.25) is 0 Å². The Kier molecular flexibility index (Phi) is 2.63. The van der Waals surface area contributed by atoms with Crippen LogP contribution in [0, 0.1) is 6.92 Å². The van der Waals surface area contributed by atoms with E-state index in [1.54, 1.807) is 0 Å². The lowest BCUT2D eigenvalue weighted by Gasteiger charge is -2.01. The molecule has 88 valence electrons. The minimum atomic E-state index is 0.578. The van der Waals surface area contributed by atoms with Gasteiger partial charge in [0, 0.05) is 23.9 Å². The van der Waals surface area contributed by atoms with Crippen molar-refractivity contribution in [3.8, 4) is 11.4 Å². The SMILES string of the molecule is Cc1cncc(-c2n[nH]c(C3CCCC3)n2)c1. The van der Waals surface area contributed by atoms with E-state index in [-0.39, 0.29) is 0 Å². The first-order chi connectivity index (χ1) is 8.33. The normalized spacial score (nSPS) is 16.5. The van der Waals surface area contributed by atoms with Crippen molar-refractivity contribution in [2.24, 2.45) is 0 Å². The highest BCUT2D eigenvalue weighted by molar-refractivity contribution is 5.53. The highest BCUT2D eigenvalue weighted by Gasteiger charge is 2.20. The highest BCUT2D eigenvalue weighted by Crippen LogP contribution is 2.32. The van der Waals surface area contributed by atoms with Crippen LogP contribution in [0.25, 0.3) is 11.4 Å². The lowest BCUT2D eigenvalue weighted by atomic mass is 10.1. The molecule has 0 aliphatic heterocycles. The maximum absolute atomic E-state index is 4.60. The van der Waals surface area contributed by atoms with E-state index in [1.807, 2.05) is 19.3 Å². The molecular weight excluding hydrogens is 212 g/mol. The molecule has 2 heterocycles. The van der Waals surface area contributed by atoms with Crippen molar-refractivity contribution < 1.29 is 0 Å². The molecule has 0 spiro atoms. The Hall–Kier alpha value is -1.71. The summed E-state index contributed by atoms with van der Waals surface area (Å²) >= 11 is 0. The van der Waals surface area contributed by atoms with Crippen molar-refractivity contribution in [1.29, 1.82) is 0 Å². The number of hydrogen-bond acceptors (Lipinski definition) is 3. The van der Waals surface area contributed by atoms with Gasteiger partial charge in [-0.2, -0.15) is 5.10 Å². The first kappa shape index (κ1) is 10.4. The summed E-state index contributed by atoms with van der Waals surface area (Å²) in [6.45, 7) is 2.03. The van der Waals surface area contributed by atoms with Crippen LogP contribution in [0.3, 0.4) is 0 Å². The topological polar surface area (TPSA) is 54.5 Å². The van der Waals surface area contributed by atoms with E-state index in [2.05, 4.69) is 26.2 Å². The third-order valence-electron chi connectivity index (χ3n) is 3.38. The Morgan fingerprint density at radius 2 is 2.06 bits per heavy atom. The van der Waals surface area contributed by atoms with E-state index in [0.717, 1.165) is 22.8 Å². The fourth-order valence-electron chi connectivity index (χ4n) is 2.46. The number of nitrogens with zero attached hydrogens (tertiary/aromatic N) is 3. The Morgan fingerprint density at radius 1 is 1.24 bits per heavy atom. The molecule has 4 heteroatoms. The van der Waals surface area contributed by atoms with Gasteiger partial charge in [-0.05, 0) is 31.4 Å². The van der Waals surface area contributed by atoms with Gasteiger partial charge in [-0.1, -0.05) is 12.8 Å². The van der Waals surface area contributed by atoms with Gasteiger partial charge >= 0.3 is 0 Å². The number of nitrogens with one attached hydrogen (secondary N) is 1. The van der Waals surface area contributed by atoms with Crippen molar-refractivity contribution in [3.05, 3.63) is 29.8 Å². The van der Waals surface area contributed by atoms with Crippen LogP contribution in [0.5, 0.6) is 0 Å². The number of pyridine rings is 1. The molecule has 2 aromatic heterocycles. The first-order valence-electron chi connectivity index (χ1n) is 6.17. The summed E-state index contributed by atoms with van der Waals surface area (Å²) in [5, 5.41) is 7.37. The van der Waals surface area contributed by atoms with Crippen LogP contribution in [-0.4, -0.2) is 20.2 Å². The molecule has 3 rings (SSSR count). The molecule has 0 unspecified atom stereocenters. The number of aromatic nitrogens is 4. The third-order valence-corrected chi connectivity index (χ3v) is 3.38. The minimum Gasteiger partial charge on any atom is -0.264 e. The molecule has 1 aliphatic carbocycles. The molecule has 1 aliphatic rings. The van der Waals surface area contributed by atoms with Gasteiger partial charge in [-0.15, -0.1) is 0 Å². The number of rotatable bonds is 2. The van der Waals surface area contributed by atoms with Crippen LogP contribution in [0.4, 0.5) is 0 Å². The van der Waals surface area contributed by atoms with Crippen molar-refractivity contribution in [2.45, 2.75) is 38.5 Å². The average molecular weight is 228 g/mol. The van der Waals surface area contributed by atoms with Gasteiger partial charge in [-0.3, -0.25) is 10.1 Å². The van der Waals surface area contributed by atoms with Crippen LogP contribution in [-0.2, 0) is 0 Å². The van der Waals surface area contributed by atoms with Gasteiger partial charge in [0.15, 0.2) is 5.82 Å². The van der Waals surface area contributed by atoms with Crippen LogP contribution < -0.4 is 0 Å². The van der Waals surface area contributed by atoms with Crippen LogP contribution in [0.2, 0.25) is 0 Å². The number of hydrogen-bond donors (Lipinski definition) is 1. The van der Waals surface area contributed by atoms with E-state index in [0.29, 0.717) is 5.92 Å². The summed E-state index contributed by atoms with van der Waals surface area (Å²) in [4.78, 5) is 8.77. The second-order valence-corrected chi connectivity index (χ2v) is 4.78. The molecule has 0 radical (unpaired) electrons. The zero-order valence-corrected chi connectivity index (χ0v) is 9.98. The molecule has 0 atom stereocenters. The van der Waals surface area contributed by atoms with E-state index in [1.165, 1.54) is 25.7 Å². The lowest BCUT2D eigenvalue weighted by Crippen LogP contribution is -1.94. The molecule has 1 N–H and O–H groups in total. The molecule has 2 aromatic rings. The van der Waals surface area contributed by atoms with E-state index < -0.39 is 0 Å². The summed E-state index contributed by atoms with van der Waals surface area (Å²) in [6, 6.07) is 2.06. The molecule has 4 nitrogen and oxygen atoms in total. The summed E-state index contributed by atoms with van der Waals surface area (Å²) in [5.74, 6) is 2.39. The molecule has 0 saturated heterocycles. The van der Waals surface area contributed by atoms with E-state index >= 15 is 0 Å². The summed E-state index contributed by atoms with van der Waals surface area (Å²) in [7, 11) is 0. The van der Waals surface area contributed by atoms with Crippen molar-refractivity contribution in [3.63, 3.8) is 0 Å². The molecule has 0 amide bonds. The Morgan fingerprint density at radius 3 is 2.82 bits per heavy atom. The largest absolute Gasteiger partial charge is 0.264 e. The van der Waals surface area contributed by atoms with Crippen molar-refractivity contribution in [1.82, 2.24) is 20.2 Å². The fourth-order valence-corrected chi connectivity index (χ4v) is 2.46. The summed E-state index contributed by atoms with van der Waals surface area (Å²) < 4.78 is 0. The smallest absolute Gasteiger partial charge is 0.182 e. The van der Waals surface area contributed by atoms with Gasteiger partial charge in [0.25, 0.3) is 0 Å². The first-order valence-corrected chi connectivity index (χ1v) is 6.17. The number of aromatic amines is 1.